The highest BCUT2D eigenvalue weighted by Gasteiger charge is 2.43. The number of hydrogen-bond acceptors (Lipinski definition) is 18. The SMILES string of the molecule is C=C(C)C(=O)OCCCCN(CCCCOC(=O)C(=C)C)C(=O)CN1C(=O)c2cc(Oc3ccc(C)cc3)c3c4c(Oc5ccc(C)cc5)cc5c6c(cc(Oc7ccc(C)cc7)c(c7c(Oc8ccc(C)cc8)cc(c2c37)C1=O)c64)C(=O)N(CC(=O)N(CCCCOC(=O)C(=C)C)CCCCOC(=O)C(=C)C)C5=O. The van der Waals surface area contributed by atoms with Crippen molar-refractivity contribution in [2.45, 2.75) is 107 Å². The number of nitrogens with zero attached hydrogens (tertiary/aromatic N) is 4. The summed E-state index contributed by atoms with van der Waals surface area (Å²) in [6.07, 6.45) is 2.86. The van der Waals surface area contributed by atoms with Gasteiger partial charge in [-0.3, -0.25) is 38.6 Å². The molecule has 2 aliphatic rings. The Bertz CT molecular complexity index is 4580. The van der Waals surface area contributed by atoms with Gasteiger partial charge < -0.3 is 47.7 Å². The fourth-order valence-electron chi connectivity index (χ4n) is 13.1. The highest BCUT2D eigenvalue weighted by atomic mass is 16.5. The third-order valence-electron chi connectivity index (χ3n) is 19.0. The lowest BCUT2D eigenvalue weighted by Gasteiger charge is -2.33. The van der Waals surface area contributed by atoms with Crippen molar-refractivity contribution in [2.24, 2.45) is 0 Å². The van der Waals surface area contributed by atoms with E-state index in [-0.39, 0.29) is 163 Å². The molecule has 11 rings (SSSR count). The highest BCUT2D eigenvalue weighted by molar-refractivity contribution is 6.45. The van der Waals surface area contributed by atoms with E-state index in [0.717, 1.165) is 32.1 Å². The average Bonchev–Trinajstić information content (AvgIpc) is 0.673. The predicted molar refractivity (Wildman–Crippen MR) is 417 cm³/mol. The van der Waals surface area contributed by atoms with E-state index < -0.39 is 72.4 Å². The molecule has 0 bridgehead atoms. The fourth-order valence-corrected chi connectivity index (χ4v) is 13.1. The summed E-state index contributed by atoms with van der Waals surface area (Å²) in [7, 11) is 0. The summed E-state index contributed by atoms with van der Waals surface area (Å²) >= 11 is 0. The summed E-state index contributed by atoms with van der Waals surface area (Å²) < 4.78 is 50.0. The van der Waals surface area contributed by atoms with Crippen LogP contribution in [0.2, 0.25) is 0 Å². The van der Waals surface area contributed by atoms with Crippen molar-refractivity contribution in [3.8, 4) is 46.0 Å². The summed E-state index contributed by atoms with van der Waals surface area (Å²) in [4.78, 5) is 148. The third-order valence-corrected chi connectivity index (χ3v) is 19.0. The van der Waals surface area contributed by atoms with Gasteiger partial charge in [-0.15, -0.1) is 0 Å². The number of rotatable bonds is 36. The molecule has 110 heavy (non-hydrogen) atoms. The van der Waals surface area contributed by atoms with E-state index in [1.54, 1.807) is 48.5 Å². The zero-order valence-corrected chi connectivity index (χ0v) is 63.2. The van der Waals surface area contributed by atoms with Gasteiger partial charge in [0.25, 0.3) is 23.6 Å². The van der Waals surface area contributed by atoms with E-state index in [2.05, 4.69) is 26.3 Å². The van der Waals surface area contributed by atoms with Gasteiger partial charge in [-0.1, -0.05) is 97.1 Å². The molecule has 0 saturated carbocycles. The molecule has 22 nitrogen and oxygen atoms in total. The molecule has 2 heterocycles. The number of fused-ring (bicyclic) bond motifs is 2. The zero-order chi connectivity index (χ0) is 78.8. The van der Waals surface area contributed by atoms with E-state index in [9.17, 15) is 19.2 Å². The number of carbonyl (C=O) groups excluding carboxylic acids is 10. The van der Waals surface area contributed by atoms with Crippen molar-refractivity contribution in [1.82, 2.24) is 19.6 Å². The van der Waals surface area contributed by atoms with Crippen LogP contribution in [0.3, 0.4) is 0 Å². The molecule has 2 aliphatic heterocycles. The second-order valence-corrected chi connectivity index (χ2v) is 28.0. The molecule has 0 aliphatic carbocycles. The van der Waals surface area contributed by atoms with Crippen LogP contribution >= 0.6 is 0 Å². The van der Waals surface area contributed by atoms with Crippen LogP contribution < -0.4 is 18.9 Å². The van der Waals surface area contributed by atoms with E-state index in [0.29, 0.717) is 74.4 Å². The summed E-state index contributed by atoms with van der Waals surface area (Å²) in [6.45, 7) is 27.6. The second kappa shape index (κ2) is 34.6. The second-order valence-electron chi connectivity index (χ2n) is 28.0. The van der Waals surface area contributed by atoms with Crippen molar-refractivity contribution in [3.63, 3.8) is 0 Å². The molecule has 0 atom stereocenters. The van der Waals surface area contributed by atoms with Crippen LogP contribution in [-0.4, -0.2) is 145 Å². The van der Waals surface area contributed by atoms with Crippen molar-refractivity contribution in [3.05, 3.63) is 214 Å². The van der Waals surface area contributed by atoms with Crippen molar-refractivity contribution in [1.29, 1.82) is 0 Å². The third kappa shape index (κ3) is 17.7. The molecule has 0 aromatic heterocycles. The summed E-state index contributed by atoms with van der Waals surface area (Å²) in [5.41, 5.74) is 4.32. The van der Waals surface area contributed by atoms with Crippen LogP contribution in [0.1, 0.15) is 143 Å². The Morgan fingerprint density at radius 1 is 0.309 bits per heavy atom. The zero-order valence-electron chi connectivity index (χ0n) is 63.2. The van der Waals surface area contributed by atoms with E-state index in [1.807, 2.05) is 76.2 Å². The molecule has 0 unspecified atom stereocenters. The lowest BCUT2D eigenvalue weighted by Crippen LogP contribution is -2.48. The molecule has 22 heteroatoms. The highest BCUT2D eigenvalue weighted by Crippen LogP contribution is 2.58. The monoisotopic (exact) mass is 1490 g/mol. The minimum Gasteiger partial charge on any atom is -0.462 e. The maximum Gasteiger partial charge on any atom is 0.333 e. The normalized spacial score (nSPS) is 12.3. The largest absolute Gasteiger partial charge is 0.462 e. The molecule has 0 fully saturated rings. The van der Waals surface area contributed by atoms with Gasteiger partial charge >= 0.3 is 23.9 Å². The van der Waals surface area contributed by atoms with Gasteiger partial charge in [0.1, 0.15) is 59.1 Å². The molecule has 9 aromatic carbocycles. The number of imide groups is 2. The Balaban J connectivity index is 1.13. The number of carbonyl (C=O) groups is 10. The first-order valence-corrected chi connectivity index (χ1v) is 36.6. The molecule has 6 amide bonds. The minimum absolute atomic E-state index is 0.0381. The van der Waals surface area contributed by atoms with Gasteiger partial charge in [0.2, 0.25) is 11.8 Å². The Morgan fingerprint density at radius 3 is 0.718 bits per heavy atom. The van der Waals surface area contributed by atoms with Gasteiger partial charge in [-0.2, -0.15) is 0 Å². The van der Waals surface area contributed by atoms with Crippen LogP contribution in [0.15, 0.2) is 170 Å². The standard InChI is InChI=1S/C88H88N4O18/c1-51(2)85(99)103-41-17-13-37-89(38-14-18-42-104-86(100)52(3)4)71(93)49-91-81(95)63-45-67(107-59-29-21-55(9)22-30-59)75-77-69(109-61-33-25-57(11)26-34-61)47-65-74-66(84(98)92(83(65)97)50-72(94)90(39-15-19-43-105-87(101)53(5)6)40-16-20-44-106-88(102)54(7)8)48-70(110-62-35-27-58(12)28-36-62)78(80(74)77)76-68(108-60-31-23-56(10)24-32-60)46-64(82(91)96)73(63)79(75)76/h21-36,45-48H,1,3,5,7,13-20,37-44,49-50H2,2,4,6,8-12H3. The summed E-state index contributed by atoms with van der Waals surface area (Å²) in [5.74, 6) is -5.43. The molecule has 0 saturated heterocycles. The number of hydrogen-bond donors (Lipinski definition) is 0. The van der Waals surface area contributed by atoms with Gasteiger partial charge in [0.05, 0.1) is 48.7 Å². The first-order chi connectivity index (χ1) is 52.7. The summed E-state index contributed by atoms with van der Waals surface area (Å²) in [5, 5.41) is 1.71. The van der Waals surface area contributed by atoms with Crippen LogP contribution in [-0.2, 0) is 47.7 Å². The maximum absolute atomic E-state index is 16.0. The quantitative estimate of drug-likeness (QED) is 0.00672. The molecule has 0 spiro atoms. The number of aryl methyl sites for hydroxylation is 4. The van der Waals surface area contributed by atoms with Gasteiger partial charge in [-0.05, 0) is 180 Å². The van der Waals surface area contributed by atoms with Gasteiger partial charge in [-0.25, -0.2) is 19.2 Å². The maximum atomic E-state index is 16.0. The Morgan fingerprint density at radius 2 is 0.518 bits per heavy atom. The van der Waals surface area contributed by atoms with Crippen molar-refractivity contribution >= 4 is 102 Å². The van der Waals surface area contributed by atoms with Crippen molar-refractivity contribution < 1.29 is 85.8 Å². The first-order valence-electron chi connectivity index (χ1n) is 36.6. The van der Waals surface area contributed by atoms with Crippen LogP contribution in [0.4, 0.5) is 0 Å². The fraction of sp³-hybridized carbons (Fsp3) is 0.295. The van der Waals surface area contributed by atoms with Crippen molar-refractivity contribution in [2.75, 3.05) is 65.7 Å². The van der Waals surface area contributed by atoms with E-state index >= 15 is 28.8 Å². The lowest BCUT2D eigenvalue weighted by molar-refractivity contribution is -0.140. The number of amides is 6. The summed E-state index contributed by atoms with van der Waals surface area (Å²) in [6, 6.07) is 34.9. The molecule has 568 valence electrons. The predicted octanol–water partition coefficient (Wildman–Crippen LogP) is 16.6. The molecular formula is C88H88N4O18. The molecule has 0 N–H and O–H groups in total. The van der Waals surface area contributed by atoms with Gasteiger partial charge in [0, 0.05) is 91.6 Å². The Kier molecular flexibility index (Phi) is 24.7. The van der Waals surface area contributed by atoms with Crippen LogP contribution in [0.25, 0.3) is 43.1 Å². The van der Waals surface area contributed by atoms with E-state index in [4.69, 9.17) is 37.9 Å². The van der Waals surface area contributed by atoms with Crippen LogP contribution in [0, 0.1) is 27.7 Å². The molecule has 0 radical (unpaired) electrons. The molecular weight excluding hydrogens is 1400 g/mol. The number of esters is 4. The number of benzene rings is 9. The topological polar surface area (TPSA) is 258 Å². The van der Waals surface area contributed by atoms with Gasteiger partial charge in [0.15, 0.2) is 0 Å². The average molecular weight is 1490 g/mol. The van der Waals surface area contributed by atoms with Crippen LogP contribution in [0.5, 0.6) is 46.0 Å². The number of ether oxygens (including phenoxy) is 8. The minimum atomic E-state index is -0.853. The first kappa shape index (κ1) is 78.6. The lowest BCUT2D eigenvalue weighted by atomic mass is 9.80. The number of unbranched alkanes of at least 4 members (excludes halogenated alkanes) is 4. The Hall–Kier alpha value is -12.5. The smallest absolute Gasteiger partial charge is 0.333 e. The Labute approximate surface area is 637 Å². The van der Waals surface area contributed by atoms with E-state index in [1.165, 1.54) is 61.8 Å². The molecule has 9 aromatic rings.